The molecule has 1 rings (SSSR count). The summed E-state index contributed by atoms with van der Waals surface area (Å²) in [7, 11) is 0. The van der Waals surface area contributed by atoms with Crippen LogP contribution in [-0.2, 0) is 11.3 Å². The van der Waals surface area contributed by atoms with Crippen molar-refractivity contribution in [2.24, 2.45) is 5.41 Å². The third-order valence-corrected chi connectivity index (χ3v) is 3.90. The third-order valence-electron chi connectivity index (χ3n) is 3.07. The second kappa shape index (κ2) is 8.27. The van der Waals surface area contributed by atoms with Crippen LogP contribution in [0.5, 0.6) is 0 Å². The first-order chi connectivity index (χ1) is 10.3. The minimum absolute atomic E-state index is 0.113. The summed E-state index contributed by atoms with van der Waals surface area (Å²) >= 11 is 1.43. The fraction of sp³-hybridized carbons (Fsp3) is 0.688. The molecule has 2 amide bonds. The Morgan fingerprint density at radius 3 is 2.50 bits per heavy atom. The number of carbonyl (C=O) groups is 2. The van der Waals surface area contributed by atoms with Crippen LogP contribution < -0.4 is 5.32 Å². The fourth-order valence-electron chi connectivity index (χ4n) is 1.98. The van der Waals surface area contributed by atoms with Gasteiger partial charge in [-0.15, -0.1) is 11.3 Å². The van der Waals surface area contributed by atoms with E-state index in [1.54, 1.807) is 5.38 Å². The van der Waals surface area contributed by atoms with Gasteiger partial charge in [-0.1, -0.05) is 34.6 Å². The van der Waals surface area contributed by atoms with Gasteiger partial charge < -0.3 is 10.2 Å². The maximum absolute atomic E-state index is 12.5. The number of carbonyl (C=O) groups excluding carboxylic acids is 2. The average molecular weight is 325 g/mol. The smallest absolute Gasteiger partial charge is 0.270 e. The molecule has 0 spiro atoms. The van der Waals surface area contributed by atoms with Crippen molar-refractivity contribution in [3.63, 3.8) is 0 Å². The lowest BCUT2D eigenvalue weighted by atomic mass is 9.94. The molecule has 0 aliphatic heterocycles. The number of rotatable bonds is 7. The number of amides is 2. The van der Waals surface area contributed by atoms with Gasteiger partial charge in [-0.05, 0) is 12.8 Å². The zero-order valence-electron chi connectivity index (χ0n) is 14.2. The summed E-state index contributed by atoms with van der Waals surface area (Å²) < 4.78 is 0. The van der Waals surface area contributed by atoms with E-state index in [2.05, 4.69) is 17.2 Å². The molecule has 0 aromatic carbocycles. The van der Waals surface area contributed by atoms with E-state index in [0.717, 1.165) is 17.8 Å². The molecule has 0 saturated carbocycles. The first-order valence-corrected chi connectivity index (χ1v) is 8.69. The quantitative estimate of drug-likeness (QED) is 0.838. The molecule has 1 N–H and O–H groups in total. The Kier molecular flexibility index (Phi) is 7.00. The maximum atomic E-state index is 12.5. The first kappa shape index (κ1) is 18.6. The number of nitrogens with zero attached hydrogens (tertiary/aromatic N) is 2. The van der Waals surface area contributed by atoms with Gasteiger partial charge >= 0.3 is 0 Å². The van der Waals surface area contributed by atoms with Crippen LogP contribution >= 0.6 is 11.3 Å². The normalized spacial score (nSPS) is 11.3. The van der Waals surface area contributed by atoms with Gasteiger partial charge in [0.1, 0.15) is 10.7 Å². The third kappa shape index (κ3) is 5.40. The van der Waals surface area contributed by atoms with E-state index >= 15 is 0 Å². The van der Waals surface area contributed by atoms with Gasteiger partial charge in [0.15, 0.2) is 0 Å². The van der Waals surface area contributed by atoms with E-state index in [0.29, 0.717) is 25.3 Å². The number of thiazole rings is 1. The highest BCUT2D eigenvalue weighted by Crippen LogP contribution is 2.21. The molecule has 124 valence electrons. The van der Waals surface area contributed by atoms with Crippen molar-refractivity contribution in [3.8, 4) is 0 Å². The molecule has 1 heterocycles. The summed E-state index contributed by atoms with van der Waals surface area (Å²) in [5.41, 5.74) is 0.0291. The molecule has 5 nitrogen and oxygen atoms in total. The highest BCUT2D eigenvalue weighted by molar-refractivity contribution is 7.09. The Bertz CT molecular complexity index is 506. The highest BCUT2D eigenvalue weighted by atomic mass is 32.1. The van der Waals surface area contributed by atoms with Crippen LogP contribution in [0.2, 0.25) is 0 Å². The van der Waals surface area contributed by atoms with Gasteiger partial charge in [0.25, 0.3) is 5.91 Å². The summed E-state index contributed by atoms with van der Waals surface area (Å²) in [5.74, 6) is -0.0323. The van der Waals surface area contributed by atoms with Crippen molar-refractivity contribution >= 4 is 23.2 Å². The van der Waals surface area contributed by atoms with Gasteiger partial charge in [0, 0.05) is 23.9 Å². The van der Waals surface area contributed by atoms with Crippen molar-refractivity contribution in [1.29, 1.82) is 0 Å². The van der Waals surface area contributed by atoms with Crippen LogP contribution in [0.4, 0.5) is 0 Å². The second-order valence-electron chi connectivity index (χ2n) is 6.36. The van der Waals surface area contributed by atoms with Crippen LogP contribution in [0.3, 0.4) is 0 Å². The monoisotopic (exact) mass is 325 g/mol. The van der Waals surface area contributed by atoms with Crippen LogP contribution in [0.25, 0.3) is 0 Å². The van der Waals surface area contributed by atoms with E-state index in [1.807, 2.05) is 32.6 Å². The largest absolute Gasteiger partial charge is 0.351 e. The molecule has 0 aliphatic carbocycles. The SMILES string of the molecule is CCCNC(=O)c1csc(CN(CCC)C(=O)C(C)(C)C)n1. The molecule has 6 heteroatoms. The zero-order chi connectivity index (χ0) is 16.8. The molecular formula is C16H27N3O2S. The van der Waals surface area contributed by atoms with E-state index in [1.165, 1.54) is 11.3 Å². The molecule has 22 heavy (non-hydrogen) atoms. The molecule has 1 aromatic rings. The minimum Gasteiger partial charge on any atom is -0.351 e. The van der Waals surface area contributed by atoms with Gasteiger partial charge in [-0.25, -0.2) is 4.98 Å². The summed E-state index contributed by atoms with van der Waals surface area (Å²) in [4.78, 5) is 30.5. The Labute approximate surface area is 137 Å². The van der Waals surface area contributed by atoms with Gasteiger partial charge in [0.2, 0.25) is 5.91 Å². The topological polar surface area (TPSA) is 62.3 Å². The van der Waals surface area contributed by atoms with Crippen LogP contribution in [0.1, 0.15) is 63.0 Å². The molecule has 0 fully saturated rings. The fourth-order valence-corrected chi connectivity index (χ4v) is 2.77. The molecule has 0 bridgehead atoms. The number of nitrogens with one attached hydrogen (secondary N) is 1. The van der Waals surface area contributed by atoms with E-state index in [4.69, 9.17) is 0 Å². The van der Waals surface area contributed by atoms with E-state index in [-0.39, 0.29) is 11.8 Å². The molecule has 1 aromatic heterocycles. The first-order valence-electron chi connectivity index (χ1n) is 7.81. The van der Waals surface area contributed by atoms with Crippen LogP contribution in [0, 0.1) is 5.41 Å². The number of hydrogen-bond acceptors (Lipinski definition) is 4. The van der Waals surface area contributed by atoms with Crippen molar-refractivity contribution in [2.45, 2.75) is 54.0 Å². The molecular weight excluding hydrogens is 298 g/mol. The average Bonchev–Trinajstić information content (AvgIpc) is 2.91. The Hall–Kier alpha value is -1.43. The molecule has 0 unspecified atom stereocenters. The van der Waals surface area contributed by atoms with Gasteiger partial charge in [-0.2, -0.15) is 0 Å². The van der Waals surface area contributed by atoms with Crippen LogP contribution in [-0.4, -0.2) is 34.8 Å². The summed E-state index contributed by atoms with van der Waals surface area (Å²) in [6, 6.07) is 0. The number of hydrogen-bond donors (Lipinski definition) is 1. The van der Waals surface area contributed by atoms with E-state index < -0.39 is 5.41 Å². The summed E-state index contributed by atoms with van der Waals surface area (Å²) in [5, 5.41) is 5.37. The standard InChI is InChI=1S/C16H27N3O2S/c1-6-8-17-14(20)12-11-22-13(18-12)10-19(9-7-2)15(21)16(3,4)5/h11H,6-10H2,1-5H3,(H,17,20). The zero-order valence-corrected chi connectivity index (χ0v) is 15.0. The predicted octanol–water partition coefficient (Wildman–Crippen LogP) is 3.07. The lowest BCUT2D eigenvalue weighted by molar-refractivity contribution is -0.140. The molecule has 0 radical (unpaired) electrons. The van der Waals surface area contributed by atoms with Crippen molar-refractivity contribution in [1.82, 2.24) is 15.2 Å². The Morgan fingerprint density at radius 1 is 1.27 bits per heavy atom. The molecule has 0 atom stereocenters. The number of aromatic nitrogens is 1. The molecule has 0 saturated heterocycles. The summed E-state index contributed by atoms with van der Waals surface area (Å²) in [6.45, 7) is 11.6. The predicted molar refractivity (Wildman–Crippen MR) is 89.9 cm³/mol. The minimum atomic E-state index is -0.409. The van der Waals surface area contributed by atoms with Gasteiger partial charge in [0.05, 0.1) is 6.54 Å². The maximum Gasteiger partial charge on any atom is 0.270 e. The van der Waals surface area contributed by atoms with Crippen LogP contribution in [0.15, 0.2) is 5.38 Å². The Morgan fingerprint density at radius 2 is 1.95 bits per heavy atom. The van der Waals surface area contributed by atoms with E-state index in [9.17, 15) is 9.59 Å². The second-order valence-corrected chi connectivity index (χ2v) is 7.30. The Balaban J connectivity index is 2.77. The highest BCUT2D eigenvalue weighted by Gasteiger charge is 2.27. The van der Waals surface area contributed by atoms with Gasteiger partial charge in [-0.3, -0.25) is 9.59 Å². The van der Waals surface area contributed by atoms with Crippen molar-refractivity contribution in [2.75, 3.05) is 13.1 Å². The molecule has 0 aliphatic rings. The lowest BCUT2D eigenvalue weighted by Crippen LogP contribution is -2.39. The summed E-state index contributed by atoms with van der Waals surface area (Å²) in [6.07, 6.45) is 1.80. The lowest BCUT2D eigenvalue weighted by Gasteiger charge is -2.28. The van der Waals surface area contributed by atoms with Crippen molar-refractivity contribution in [3.05, 3.63) is 16.1 Å². The van der Waals surface area contributed by atoms with Crippen molar-refractivity contribution < 1.29 is 9.59 Å².